The van der Waals surface area contributed by atoms with Crippen LogP contribution in [0.2, 0.25) is 0 Å². The molecule has 0 unspecified atom stereocenters. The molecule has 3 aromatic heterocycles. The van der Waals surface area contributed by atoms with E-state index in [1.807, 2.05) is 0 Å². The smallest absolute Gasteiger partial charge is 0.331 e. The molecule has 0 atom stereocenters. The maximum absolute atomic E-state index is 10.9. The molecular weight excluding hydrogens is 326 g/mol. The van der Waals surface area contributed by atoms with Crippen molar-refractivity contribution >= 4 is 17.8 Å². The molecule has 0 fully saturated rings. The van der Waals surface area contributed by atoms with Gasteiger partial charge in [-0.05, 0) is 15.3 Å². The number of nitro groups is 2. The molecule has 0 spiro atoms. The van der Waals surface area contributed by atoms with Gasteiger partial charge in [-0.2, -0.15) is 4.90 Å². The molecule has 0 aliphatic heterocycles. The van der Waals surface area contributed by atoms with E-state index in [-0.39, 0.29) is 14.4 Å². The Kier molecular flexibility index (Phi) is 2.87. The van der Waals surface area contributed by atoms with Crippen LogP contribution in [0.5, 0.6) is 0 Å². The first-order chi connectivity index (χ1) is 11.0. The summed E-state index contributed by atoms with van der Waals surface area (Å²) in [5, 5.41) is 57.7. The van der Waals surface area contributed by atoms with Crippen LogP contribution in [0.25, 0.3) is 0 Å². The Morgan fingerprint density at radius 3 is 1.65 bits per heavy atom. The van der Waals surface area contributed by atoms with Crippen molar-refractivity contribution in [3.63, 3.8) is 0 Å². The van der Waals surface area contributed by atoms with Crippen LogP contribution in [-0.2, 0) is 0 Å². The van der Waals surface area contributed by atoms with Gasteiger partial charge in [0.2, 0.25) is 10.4 Å². The molecule has 0 aliphatic rings. The van der Waals surface area contributed by atoms with Crippen LogP contribution < -0.4 is 4.90 Å². The van der Waals surface area contributed by atoms with E-state index in [0.717, 1.165) is 0 Å². The summed E-state index contributed by atoms with van der Waals surface area (Å²) in [6, 6.07) is 0. The molecule has 20 nitrogen and oxygen atoms in total. The first-order valence-corrected chi connectivity index (χ1v) is 5.14. The molecule has 23 heavy (non-hydrogen) atoms. The second-order valence-corrected chi connectivity index (χ2v) is 3.42. The SMILES string of the molecule is O=[N+]([O-])n1nnnc1N(c1nnnn1O)c1nnnn1[N+](=O)[O-]. The summed E-state index contributed by atoms with van der Waals surface area (Å²) < 4.78 is 0. The lowest BCUT2D eigenvalue weighted by atomic mass is 10.7. The molecular formula is C3HN15O5. The highest BCUT2D eigenvalue weighted by Crippen LogP contribution is 2.27. The Hall–Kier alpha value is -4.39. The molecule has 20 heteroatoms. The summed E-state index contributed by atoms with van der Waals surface area (Å²) in [6.07, 6.45) is 0. The number of nitrogens with zero attached hydrogens (tertiary/aromatic N) is 15. The minimum absolute atomic E-state index is 0.0354. The van der Waals surface area contributed by atoms with Crippen molar-refractivity contribution < 1.29 is 15.3 Å². The number of tetrazole rings is 3. The van der Waals surface area contributed by atoms with Gasteiger partial charge in [0.1, 0.15) is 10.4 Å². The lowest BCUT2D eigenvalue weighted by molar-refractivity contribution is -0.553. The third-order valence-electron chi connectivity index (χ3n) is 2.22. The molecule has 0 aromatic carbocycles. The monoisotopic (exact) mass is 327 g/mol. The van der Waals surface area contributed by atoms with E-state index in [4.69, 9.17) is 0 Å². The van der Waals surface area contributed by atoms with Gasteiger partial charge in [0.25, 0.3) is 5.95 Å². The normalized spacial score (nSPS) is 10.6. The summed E-state index contributed by atoms with van der Waals surface area (Å²) in [7, 11) is 0. The Morgan fingerprint density at radius 2 is 1.26 bits per heavy atom. The summed E-state index contributed by atoms with van der Waals surface area (Å²) >= 11 is 0. The summed E-state index contributed by atoms with van der Waals surface area (Å²) in [4.78, 5) is 22.4. The third-order valence-corrected chi connectivity index (χ3v) is 2.22. The van der Waals surface area contributed by atoms with Crippen LogP contribution >= 0.6 is 0 Å². The third kappa shape index (κ3) is 2.06. The second-order valence-electron chi connectivity index (χ2n) is 3.42. The van der Waals surface area contributed by atoms with Crippen LogP contribution in [0.4, 0.5) is 17.8 Å². The predicted octanol–water partition coefficient (Wildman–Crippen LogP) is -3.57. The van der Waals surface area contributed by atoms with Gasteiger partial charge in [0.15, 0.2) is 0 Å². The van der Waals surface area contributed by atoms with E-state index in [1.165, 1.54) is 0 Å². The summed E-state index contributed by atoms with van der Waals surface area (Å²) in [5.74, 6) is -2.13. The van der Waals surface area contributed by atoms with Crippen LogP contribution in [0, 0.1) is 20.2 Å². The summed E-state index contributed by atoms with van der Waals surface area (Å²) in [5.41, 5.74) is 0. The van der Waals surface area contributed by atoms with Gasteiger partial charge >= 0.3 is 11.9 Å². The second kappa shape index (κ2) is 4.86. The van der Waals surface area contributed by atoms with Gasteiger partial charge in [-0.15, -0.1) is 0 Å². The van der Waals surface area contributed by atoms with Crippen molar-refractivity contribution in [1.29, 1.82) is 0 Å². The minimum atomic E-state index is -1.05. The highest BCUT2D eigenvalue weighted by atomic mass is 16.7. The predicted molar refractivity (Wildman–Crippen MR) is 57.2 cm³/mol. The quantitative estimate of drug-likeness (QED) is 0.270. The zero-order valence-electron chi connectivity index (χ0n) is 10.3. The number of aromatic nitrogens is 12. The van der Waals surface area contributed by atoms with E-state index in [9.17, 15) is 25.4 Å². The Morgan fingerprint density at radius 1 is 0.826 bits per heavy atom. The van der Waals surface area contributed by atoms with Crippen molar-refractivity contribution in [1.82, 2.24) is 61.0 Å². The number of hydrogen-bond acceptors (Lipinski definition) is 15. The van der Waals surface area contributed by atoms with Crippen LogP contribution in [0.3, 0.4) is 0 Å². The average Bonchev–Trinajstić information content (AvgIpc) is 3.21. The molecule has 118 valence electrons. The Balaban J connectivity index is 2.25. The lowest BCUT2D eigenvalue weighted by Crippen LogP contribution is -2.27. The molecule has 0 bridgehead atoms. The van der Waals surface area contributed by atoms with E-state index in [0.29, 0.717) is 4.90 Å². The Bertz CT molecular complexity index is 821. The van der Waals surface area contributed by atoms with Gasteiger partial charge in [-0.25, -0.2) is 0 Å². The van der Waals surface area contributed by atoms with E-state index < -0.39 is 27.9 Å². The topological polar surface area (TPSA) is 241 Å². The molecule has 0 radical (unpaired) electrons. The number of rotatable bonds is 5. The lowest BCUT2D eigenvalue weighted by Gasteiger charge is -2.13. The molecule has 0 saturated carbocycles. The highest BCUT2D eigenvalue weighted by Gasteiger charge is 2.36. The van der Waals surface area contributed by atoms with Gasteiger partial charge < -0.3 is 25.4 Å². The molecule has 0 saturated heterocycles. The van der Waals surface area contributed by atoms with Gasteiger partial charge in [0, 0.05) is 0 Å². The van der Waals surface area contributed by atoms with E-state index in [2.05, 4.69) is 46.6 Å². The van der Waals surface area contributed by atoms with Gasteiger partial charge in [-0.1, -0.05) is 15.3 Å². The maximum atomic E-state index is 10.9. The zero-order chi connectivity index (χ0) is 16.6. The standard InChI is InChI=1S/C3HN15O5/c19-16-3(6-9-12-16)13(1-4-7-10-14(1)17(20)21)2-5-8-11-15(2)18(22)23/h19H. The van der Waals surface area contributed by atoms with Gasteiger partial charge in [-0.3, -0.25) is 0 Å². The van der Waals surface area contributed by atoms with Crippen molar-refractivity contribution in [3.8, 4) is 0 Å². The Labute approximate surface area is 120 Å². The first kappa shape index (κ1) is 13.6. The largest absolute Gasteiger partial charge is 0.408 e. The van der Waals surface area contributed by atoms with Gasteiger partial charge in [0.05, 0.1) is 19.6 Å². The maximum Gasteiger partial charge on any atom is 0.331 e. The van der Waals surface area contributed by atoms with Crippen molar-refractivity contribution in [2.24, 2.45) is 0 Å². The molecule has 3 heterocycles. The molecule has 0 aliphatic carbocycles. The number of hydrogen-bond donors (Lipinski definition) is 1. The van der Waals surface area contributed by atoms with Crippen molar-refractivity contribution in [3.05, 3.63) is 20.2 Å². The van der Waals surface area contributed by atoms with E-state index >= 15 is 0 Å². The molecule has 3 rings (SSSR count). The minimum Gasteiger partial charge on any atom is -0.408 e. The fourth-order valence-corrected chi connectivity index (χ4v) is 1.42. The summed E-state index contributed by atoms with van der Waals surface area (Å²) in [6.45, 7) is 0. The average molecular weight is 327 g/mol. The highest BCUT2D eigenvalue weighted by molar-refractivity contribution is 5.60. The van der Waals surface area contributed by atoms with E-state index in [1.54, 1.807) is 0 Å². The zero-order valence-corrected chi connectivity index (χ0v) is 10.3. The van der Waals surface area contributed by atoms with Crippen molar-refractivity contribution in [2.45, 2.75) is 0 Å². The fourth-order valence-electron chi connectivity index (χ4n) is 1.42. The van der Waals surface area contributed by atoms with Crippen molar-refractivity contribution in [2.75, 3.05) is 4.90 Å². The van der Waals surface area contributed by atoms with Crippen LogP contribution in [-0.4, -0.2) is 76.3 Å². The molecule has 1 N–H and O–H groups in total. The molecule has 3 aromatic rings. The molecule has 0 amide bonds. The number of anilines is 3. The first-order valence-electron chi connectivity index (χ1n) is 5.14. The fraction of sp³-hybridized carbons (Fsp3) is 0. The van der Waals surface area contributed by atoms with Crippen LogP contribution in [0.1, 0.15) is 0 Å². The van der Waals surface area contributed by atoms with Crippen LogP contribution in [0.15, 0.2) is 0 Å².